The van der Waals surface area contributed by atoms with Crippen molar-refractivity contribution in [3.05, 3.63) is 28.5 Å². The Labute approximate surface area is 216 Å². The van der Waals surface area contributed by atoms with Gasteiger partial charge in [0.1, 0.15) is 11.5 Å². The minimum absolute atomic E-state index is 0.0873. The normalized spacial score (nSPS) is 23.3. The van der Waals surface area contributed by atoms with E-state index in [1.54, 1.807) is 27.0 Å². The Morgan fingerprint density at radius 1 is 1.22 bits per heavy atom. The van der Waals surface area contributed by atoms with Crippen LogP contribution in [0.2, 0.25) is 0 Å². The monoisotopic (exact) mass is 511 g/mol. The number of hydrogen-bond donors (Lipinski definition) is 3. The number of thiazole rings is 1. The van der Waals surface area contributed by atoms with Gasteiger partial charge in [-0.1, -0.05) is 0 Å². The summed E-state index contributed by atoms with van der Waals surface area (Å²) in [5, 5.41) is 16.9. The SMILES string of the molecule is Cc1cc(NC2(C)CCC2)ncc1-c1sc(C(=O)N[C@@H](C)C(C)(C)O)nc1C(=O)N1C2CCC1CC2. The van der Waals surface area contributed by atoms with Gasteiger partial charge in [0.2, 0.25) is 0 Å². The molecule has 0 aromatic carbocycles. The van der Waals surface area contributed by atoms with E-state index in [2.05, 4.69) is 27.5 Å². The zero-order chi connectivity index (χ0) is 25.8. The Hall–Kier alpha value is -2.52. The minimum atomic E-state index is -1.08. The van der Waals surface area contributed by atoms with Crippen molar-refractivity contribution in [2.24, 2.45) is 0 Å². The van der Waals surface area contributed by atoms with Crippen LogP contribution < -0.4 is 10.6 Å². The molecule has 2 aromatic heterocycles. The summed E-state index contributed by atoms with van der Waals surface area (Å²) < 4.78 is 0. The van der Waals surface area contributed by atoms with E-state index < -0.39 is 11.6 Å². The summed E-state index contributed by atoms with van der Waals surface area (Å²) >= 11 is 1.22. The number of nitrogens with one attached hydrogen (secondary N) is 2. The molecule has 0 unspecified atom stereocenters. The molecule has 5 rings (SSSR count). The number of carbonyl (C=O) groups is 2. The van der Waals surface area contributed by atoms with Crippen LogP contribution in [0.3, 0.4) is 0 Å². The molecule has 4 heterocycles. The number of rotatable bonds is 7. The van der Waals surface area contributed by atoms with Gasteiger partial charge in [-0.25, -0.2) is 9.97 Å². The summed E-state index contributed by atoms with van der Waals surface area (Å²) in [5.41, 5.74) is 1.14. The van der Waals surface area contributed by atoms with Crippen LogP contribution in [0.4, 0.5) is 5.82 Å². The van der Waals surface area contributed by atoms with Crippen LogP contribution >= 0.6 is 11.3 Å². The van der Waals surface area contributed by atoms with Crippen LogP contribution in [0, 0.1) is 6.92 Å². The van der Waals surface area contributed by atoms with Gasteiger partial charge in [0.15, 0.2) is 5.01 Å². The van der Waals surface area contributed by atoms with Crippen LogP contribution in [0.15, 0.2) is 12.3 Å². The smallest absolute Gasteiger partial charge is 0.280 e. The van der Waals surface area contributed by atoms with E-state index in [-0.39, 0.29) is 34.4 Å². The first-order chi connectivity index (χ1) is 16.9. The number of amides is 2. The zero-order valence-electron chi connectivity index (χ0n) is 21.9. The van der Waals surface area contributed by atoms with Gasteiger partial charge in [0.25, 0.3) is 11.8 Å². The molecule has 3 fully saturated rings. The Morgan fingerprint density at radius 2 is 1.86 bits per heavy atom. The van der Waals surface area contributed by atoms with E-state index in [1.165, 1.54) is 17.8 Å². The number of pyridine rings is 1. The quantitative estimate of drug-likeness (QED) is 0.504. The summed E-state index contributed by atoms with van der Waals surface area (Å²) in [6.45, 7) is 9.28. The van der Waals surface area contributed by atoms with E-state index in [0.717, 1.165) is 55.5 Å². The first kappa shape index (κ1) is 25.1. The first-order valence-electron chi connectivity index (χ1n) is 13.1. The van der Waals surface area contributed by atoms with Gasteiger partial charge in [-0.3, -0.25) is 9.59 Å². The maximum absolute atomic E-state index is 13.8. The molecule has 2 aliphatic heterocycles. The summed E-state index contributed by atoms with van der Waals surface area (Å²) in [6, 6.07) is 2.06. The van der Waals surface area contributed by atoms with Gasteiger partial charge >= 0.3 is 0 Å². The third-order valence-corrected chi connectivity index (χ3v) is 9.45. The van der Waals surface area contributed by atoms with E-state index in [4.69, 9.17) is 0 Å². The predicted molar refractivity (Wildman–Crippen MR) is 141 cm³/mol. The largest absolute Gasteiger partial charge is 0.388 e. The van der Waals surface area contributed by atoms with Gasteiger partial charge in [0, 0.05) is 29.4 Å². The summed E-state index contributed by atoms with van der Waals surface area (Å²) in [5.74, 6) is 0.343. The number of aliphatic hydroxyl groups is 1. The molecule has 0 radical (unpaired) electrons. The Kier molecular flexibility index (Phi) is 6.35. The molecule has 36 heavy (non-hydrogen) atoms. The highest BCUT2D eigenvalue weighted by atomic mass is 32.1. The fourth-order valence-corrected chi connectivity index (χ4v) is 6.58. The Balaban J connectivity index is 1.49. The highest BCUT2D eigenvalue weighted by Gasteiger charge is 2.44. The lowest BCUT2D eigenvalue weighted by Crippen LogP contribution is -2.47. The van der Waals surface area contributed by atoms with E-state index in [1.807, 2.05) is 17.9 Å². The van der Waals surface area contributed by atoms with Crippen LogP contribution in [-0.2, 0) is 0 Å². The molecule has 2 amide bonds. The van der Waals surface area contributed by atoms with Gasteiger partial charge < -0.3 is 20.6 Å². The Bertz CT molecular complexity index is 1160. The van der Waals surface area contributed by atoms with Crippen molar-refractivity contribution in [3.63, 3.8) is 0 Å². The fourth-order valence-electron chi connectivity index (χ4n) is 5.55. The molecule has 2 aromatic rings. The molecule has 194 valence electrons. The number of hydrogen-bond acceptors (Lipinski definition) is 7. The zero-order valence-corrected chi connectivity index (χ0v) is 22.7. The van der Waals surface area contributed by atoms with Crippen LogP contribution in [0.5, 0.6) is 0 Å². The number of anilines is 1. The second-order valence-corrected chi connectivity index (χ2v) is 12.6. The fraction of sp³-hybridized carbons (Fsp3) is 0.630. The van der Waals surface area contributed by atoms with Gasteiger partial charge in [-0.15, -0.1) is 11.3 Å². The molecular weight excluding hydrogens is 474 g/mol. The maximum Gasteiger partial charge on any atom is 0.280 e. The Morgan fingerprint density at radius 3 is 2.39 bits per heavy atom. The molecule has 9 heteroatoms. The van der Waals surface area contributed by atoms with Crippen molar-refractivity contribution in [3.8, 4) is 10.4 Å². The van der Waals surface area contributed by atoms with Crippen molar-refractivity contribution in [2.45, 2.75) is 109 Å². The molecule has 1 atom stereocenters. The number of carbonyl (C=O) groups excluding carboxylic acids is 2. The van der Waals surface area contributed by atoms with Gasteiger partial charge in [-0.05, 0) is 91.2 Å². The highest BCUT2D eigenvalue weighted by Crippen LogP contribution is 2.41. The minimum Gasteiger partial charge on any atom is -0.388 e. The lowest BCUT2D eigenvalue weighted by molar-refractivity contribution is 0.0408. The summed E-state index contributed by atoms with van der Waals surface area (Å²) in [4.78, 5) is 38.8. The molecule has 1 aliphatic carbocycles. The second-order valence-electron chi connectivity index (χ2n) is 11.6. The topological polar surface area (TPSA) is 107 Å². The molecule has 3 N–H and O–H groups in total. The van der Waals surface area contributed by atoms with Gasteiger partial charge in [-0.2, -0.15) is 0 Å². The second kappa shape index (κ2) is 9.10. The number of aromatic nitrogens is 2. The number of fused-ring (bicyclic) bond motifs is 2. The van der Waals surface area contributed by atoms with E-state index >= 15 is 0 Å². The third-order valence-electron chi connectivity index (χ3n) is 8.36. The molecule has 2 bridgehead atoms. The van der Waals surface area contributed by atoms with Crippen LogP contribution in [0.1, 0.15) is 98.5 Å². The van der Waals surface area contributed by atoms with Crippen LogP contribution in [-0.4, -0.2) is 61.1 Å². The van der Waals surface area contributed by atoms with Crippen molar-refractivity contribution >= 4 is 29.0 Å². The van der Waals surface area contributed by atoms with Crippen molar-refractivity contribution in [1.29, 1.82) is 0 Å². The van der Waals surface area contributed by atoms with Crippen molar-refractivity contribution in [2.75, 3.05) is 5.32 Å². The summed E-state index contributed by atoms with van der Waals surface area (Å²) in [6.07, 6.45) is 9.41. The first-order valence-corrected chi connectivity index (χ1v) is 13.9. The molecule has 0 spiro atoms. The van der Waals surface area contributed by atoms with Crippen molar-refractivity contribution in [1.82, 2.24) is 20.2 Å². The van der Waals surface area contributed by atoms with Crippen molar-refractivity contribution < 1.29 is 14.7 Å². The molecule has 2 saturated heterocycles. The maximum atomic E-state index is 13.8. The molecule has 3 aliphatic rings. The molecular formula is C27H37N5O3S. The molecule has 8 nitrogen and oxygen atoms in total. The van der Waals surface area contributed by atoms with Crippen LogP contribution in [0.25, 0.3) is 10.4 Å². The highest BCUT2D eigenvalue weighted by molar-refractivity contribution is 7.17. The van der Waals surface area contributed by atoms with Gasteiger partial charge in [0.05, 0.1) is 16.5 Å². The lowest BCUT2D eigenvalue weighted by Gasteiger charge is -2.39. The third kappa shape index (κ3) is 4.63. The number of aryl methyl sites for hydroxylation is 1. The summed E-state index contributed by atoms with van der Waals surface area (Å²) in [7, 11) is 0. The van der Waals surface area contributed by atoms with E-state index in [0.29, 0.717) is 10.6 Å². The lowest BCUT2D eigenvalue weighted by atomic mass is 9.78. The average Bonchev–Trinajstić information content (AvgIpc) is 3.51. The average molecular weight is 512 g/mol. The standard InChI is InChI=1S/C27H37N5O3S/c1-15-13-20(31-27(5)11-6-12-27)28-14-19(15)22-21(25(34)32-17-7-8-18(32)10-9-17)30-24(36-22)23(33)29-16(2)26(3,4)35/h13-14,16-18,35H,6-12H2,1-5H3,(H,28,31)(H,29,33)/t16-,17?,18?/m0/s1. The predicted octanol–water partition coefficient (Wildman–Crippen LogP) is 4.52. The number of nitrogens with zero attached hydrogens (tertiary/aromatic N) is 3. The molecule has 1 saturated carbocycles. The van der Waals surface area contributed by atoms with E-state index in [9.17, 15) is 14.7 Å².